The predicted octanol–water partition coefficient (Wildman–Crippen LogP) is 1.27. The first-order valence-corrected chi connectivity index (χ1v) is 8.37. The highest BCUT2D eigenvalue weighted by Crippen LogP contribution is 2.35. The third kappa shape index (κ3) is 4.31. The van der Waals surface area contributed by atoms with Gasteiger partial charge in [0.2, 0.25) is 11.1 Å². The van der Waals surface area contributed by atoms with E-state index in [9.17, 15) is 18.0 Å². The fourth-order valence-corrected chi connectivity index (χ4v) is 2.83. The van der Waals surface area contributed by atoms with E-state index in [4.69, 9.17) is 15.3 Å². The predicted molar refractivity (Wildman–Crippen MR) is 85.3 cm³/mol. The van der Waals surface area contributed by atoms with Crippen LogP contribution in [0.15, 0.2) is 29.4 Å². The van der Waals surface area contributed by atoms with Crippen molar-refractivity contribution in [3.8, 4) is 11.5 Å². The van der Waals surface area contributed by atoms with Crippen LogP contribution in [0.25, 0.3) is 0 Å². The second-order valence-electron chi connectivity index (χ2n) is 5.26. The van der Waals surface area contributed by atoms with Gasteiger partial charge >= 0.3 is 6.18 Å². The number of benzene rings is 1. The average molecular weight is 389 g/mol. The Balaban J connectivity index is 1.59. The van der Waals surface area contributed by atoms with Crippen LogP contribution in [0.4, 0.5) is 13.2 Å². The molecule has 0 spiro atoms. The molecule has 8 nitrogen and oxygen atoms in total. The number of ether oxygens (including phenoxy) is 2. The van der Waals surface area contributed by atoms with Gasteiger partial charge in [0.1, 0.15) is 13.2 Å². The molecule has 0 saturated heterocycles. The van der Waals surface area contributed by atoms with Crippen LogP contribution in [-0.2, 0) is 4.79 Å². The van der Waals surface area contributed by atoms with Crippen molar-refractivity contribution in [3.63, 3.8) is 0 Å². The number of halogens is 3. The van der Waals surface area contributed by atoms with E-state index >= 15 is 0 Å². The zero-order chi connectivity index (χ0) is 18.7. The van der Waals surface area contributed by atoms with E-state index in [2.05, 4.69) is 10.2 Å². The molecular weight excluding hydrogens is 375 g/mol. The van der Waals surface area contributed by atoms with Crippen molar-refractivity contribution in [1.29, 1.82) is 0 Å². The molecule has 0 aliphatic carbocycles. The maximum atomic E-state index is 12.1. The number of carbonyl (C=O) groups is 1. The highest BCUT2D eigenvalue weighted by molar-refractivity contribution is 7.99. The van der Waals surface area contributed by atoms with E-state index in [1.54, 1.807) is 23.5 Å². The summed E-state index contributed by atoms with van der Waals surface area (Å²) in [7, 11) is 0. The number of amides is 1. The van der Waals surface area contributed by atoms with Crippen LogP contribution in [-0.4, -0.2) is 45.9 Å². The Morgan fingerprint density at radius 2 is 2.08 bits per heavy atom. The molecule has 2 aromatic rings. The quantitative estimate of drug-likeness (QED) is 0.586. The van der Waals surface area contributed by atoms with Crippen LogP contribution in [0.2, 0.25) is 0 Å². The van der Waals surface area contributed by atoms with Crippen molar-refractivity contribution in [3.05, 3.63) is 30.1 Å². The number of nitrogens with two attached hydrogens (primary N) is 1. The normalized spacial score (nSPS) is 16.3. The number of nitrogens with one attached hydrogen (secondary N) is 1. The second kappa shape index (κ2) is 7.32. The van der Waals surface area contributed by atoms with E-state index in [0.717, 1.165) is 16.4 Å². The van der Waals surface area contributed by atoms with Crippen molar-refractivity contribution in [2.75, 3.05) is 24.7 Å². The molecule has 0 unspecified atom stereocenters. The van der Waals surface area contributed by atoms with Crippen LogP contribution >= 0.6 is 11.8 Å². The summed E-state index contributed by atoms with van der Waals surface area (Å²) in [5.41, 5.74) is 0. The number of fused-ring (bicyclic) bond motifs is 1. The number of hydrogen-bond acceptors (Lipinski definition) is 7. The van der Waals surface area contributed by atoms with Gasteiger partial charge in [-0.1, -0.05) is 23.9 Å². The zero-order valence-corrected chi connectivity index (χ0v) is 14.0. The molecule has 0 fully saturated rings. The molecule has 1 aliphatic heterocycles. The molecule has 12 heteroatoms. The van der Waals surface area contributed by atoms with E-state index in [1.165, 1.54) is 0 Å². The maximum absolute atomic E-state index is 12.1. The third-order valence-electron chi connectivity index (χ3n) is 3.31. The lowest BCUT2D eigenvalue weighted by Gasteiger charge is -2.25. The monoisotopic (exact) mass is 389 g/mol. The Kier molecular flexibility index (Phi) is 5.11. The van der Waals surface area contributed by atoms with Gasteiger partial charge in [-0.2, -0.15) is 13.2 Å². The number of nitrogens with zero attached hydrogens (tertiary/aromatic N) is 3. The summed E-state index contributed by atoms with van der Waals surface area (Å²) >= 11 is 0.865. The molecule has 1 aliphatic rings. The van der Waals surface area contributed by atoms with Gasteiger partial charge in [-0.05, 0) is 12.1 Å². The number of nitrogen functional groups attached to an aromatic ring is 1. The summed E-state index contributed by atoms with van der Waals surface area (Å²) in [6.07, 6.45) is -5.06. The number of rotatable bonds is 5. The Hall–Kier alpha value is -2.63. The van der Waals surface area contributed by atoms with Crippen molar-refractivity contribution in [2.24, 2.45) is 0 Å². The SMILES string of the molecule is Nn1c(SCC(=O)NCC(F)(F)F)nnc1[C@@H]1COc2ccccc2O1. The van der Waals surface area contributed by atoms with Gasteiger partial charge in [-0.3, -0.25) is 4.79 Å². The van der Waals surface area contributed by atoms with Crippen LogP contribution in [0, 0.1) is 0 Å². The lowest BCUT2D eigenvalue weighted by atomic mass is 10.2. The molecule has 1 atom stereocenters. The van der Waals surface area contributed by atoms with E-state index in [-0.39, 0.29) is 23.3 Å². The average Bonchev–Trinajstić information content (AvgIpc) is 2.98. The van der Waals surface area contributed by atoms with Gasteiger partial charge in [-0.15, -0.1) is 10.2 Å². The lowest BCUT2D eigenvalue weighted by molar-refractivity contribution is -0.136. The summed E-state index contributed by atoms with van der Waals surface area (Å²) in [6, 6.07) is 7.10. The largest absolute Gasteiger partial charge is 0.485 e. The third-order valence-corrected chi connectivity index (χ3v) is 4.25. The van der Waals surface area contributed by atoms with Crippen molar-refractivity contribution >= 4 is 17.7 Å². The smallest absolute Gasteiger partial charge is 0.405 e. The Labute approximate surface area is 149 Å². The van der Waals surface area contributed by atoms with Crippen LogP contribution in [0.1, 0.15) is 11.9 Å². The number of alkyl halides is 3. The Morgan fingerprint density at radius 3 is 2.81 bits per heavy atom. The van der Waals surface area contributed by atoms with Crippen molar-refractivity contribution in [2.45, 2.75) is 17.4 Å². The highest BCUT2D eigenvalue weighted by Gasteiger charge is 2.29. The van der Waals surface area contributed by atoms with Gasteiger partial charge in [0.25, 0.3) is 0 Å². The number of carbonyl (C=O) groups excluding carboxylic acids is 1. The topological polar surface area (TPSA) is 104 Å². The minimum Gasteiger partial charge on any atom is -0.485 e. The minimum atomic E-state index is -4.46. The number of hydrogen-bond donors (Lipinski definition) is 2. The highest BCUT2D eigenvalue weighted by atomic mass is 32.2. The summed E-state index contributed by atoms with van der Waals surface area (Å²) in [5.74, 6) is 6.25. The van der Waals surface area contributed by atoms with Gasteiger partial charge in [0.05, 0.1) is 5.75 Å². The number of aromatic nitrogens is 3. The molecule has 2 heterocycles. The van der Waals surface area contributed by atoms with Crippen LogP contribution < -0.4 is 20.6 Å². The number of para-hydroxylation sites is 2. The van der Waals surface area contributed by atoms with Crippen LogP contribution in [0.5, 0.6) is 11.5 Å². The first kappa shape index (κ1) is 18.2. The van der Waals surface area contributed by atoms with Gasteiger partial charge in [0, 0.05) is 0 Å². The maximum Gasteiger partial charge on any atom is 0.405 e. The van der Waals surface area contributed by atoms with Crippen LogP contribution in [0.3, 0.4) is 0 Å². The standard InChI is InChI=1S/C14H14F3N5O3S/c15-14(16,17)7-19-11(23)6-26-13-21-20-12(22(13)18)10-5-24-8-3-1-2-4-9(8)25-10/h1-4,10H,5-7,18H2,(H,19,23)/t10-/m0/s1. The first-order chi connectivity index (χ1) is 12.3. The lowest BCUT2D eigenvalue weighted by Crippen LogP contribution is -2.34. The van der Waals surface area contributed by atoms with Crippen molar-refractivity contribution in [1.82, 2.24) is 20.2 Å². The molecule has 1 amide bonds. The van der Waals surface area contributed by atoms with Gasteiger partial charge < -0.3 is 20.6 Å². The molecule has 0 bridgehead atoms. The fraction of sp³-hybridized carbons (Fsp3) is 0.357. The molecule has 140 valence electrons. The molecule has 0 saturated carbocycles. The number of thioether (sulfide) groups is 1. The molecule has 3 rings (SSSR count). The first-order valence-electron chi connectivity index (χ1n) is 7.38. The van der Waals surface area contributed by atoms with Gasteiger partial charge in [-0.25, -0.2) is 4.68 Å². The van der Waals surface area contributed by atoms with E-state index in [0.29, 0.717) is 11.5 Å². The molecule has 1 aromatic carbocycles. The summed E-state index contributed by atoms with van der Waals surface area (Å²) in [4.78, 5) is 11.4. The van der Waals surface area contributed by atoms with Gasteiger partial charge in [0.15, 0.2) is 23.4 Å². The molecule has 1 aromatic heterocycles. The fourth-order valence-electron chi connectivity index (χ4n) is 2.13. The summed E-state index contributed by atoms with van der Waals surface area (Å²) in [5, 5.41) is 9.70. The van der Waals surface area contributed by atoms with E-state index in [1.807, 2.05) is 6.07 Å². The molecule has 0 radical (unpaired) electrons. The zero-order valence-electron chi connectivity index (χ0n) is 13.2. The van der Waals surface area contributed by atoms with E-state index < -0.39 is 24.7 Å². The molecule has 26 heavy (non-hydrogen) atoms. The summed E-state index contributed by atoms with van der Waals surface area (Å²) in [6.45, 7) is -1.22. The minimum absolute atomic E-state index is 0.170. The molecular formula is C14H14F3N5O3S. The summed E-state index contributed by atoms with van der Waals surface area (Å²) < 4.78 is 48.7. The molecule has 3 N–H and O–H groups in total. The van der Waals surface area contributed by atoms with Crippen molar-refractivity contribution < 1.29 is 27.4 Å². The Bertz CT molecular complexity index is 798. The Morgan fingerprint density at radius 1 is 1.35 bits per heavy atom. The second-order valence-corrected chi connectivity index (χ2v) is 6.20.